The standard InChI is InChI=1S/C18H17N5O4S3/c1-9-21-22-18(29-9)30-11-8-28-16-13(15(25)23(16)14(11)17(26)27)20-12(24)7-19-10-5-3-2-4-6-10/h2-6,8,13-14,16,19H,7H2,1H3,(H,20,24)(H,26,27)/t13?,14?,16-/m0/s1. The summed E-state index contributed by atoms with van der Waals surface area (Å²) in [5, 5.41) is 25.4. The normalized spacial score (nSPS) is 22.6. The van der Waals surface area contributed by atoms with Crippen molar-refractivity contribution in [2.24, 2.45) is 0 Å². The van der Waals surface area contributed by atoms with Crippen LogP contribution in [0.4, 0.5) is 5.69 Å². The SMILES string of the molecule is Cc1nnc(SC2=CS[C@H]3C(NC(=O)CNc4ccccc4)C(=O)N3C2C(=O)O)s1. The molecule has 2 aliphatic heterocycles. The van der Waals surface area contributed by atoms with E-state index in [0.717, 1.165) is 10.7 Å². The van der Waals surface area contributed by atoms with Crippen LogP contribution in [0.15, 0.2) is 45.0 Å². The molecule has 3 atom stereocenters. The minimum Gasteiger partial charge on any atom is -0.479 e. The third-order valence-electron chi connectivity index (χ3n) is 4.44. The molecule has 2 aromatic rings. The molecule has 0 saturated carbocycles. The molecule has 30 heavy (non-hydrogen) atoms. The maximum Gasteiger partial charge on any atom is 0.331 e. The number of aromatic nitrogens is 2. The van der Waals surface area contributed by atoms with E-state index in [1.807, 2.05) is 37.3 Å². The minimum atomic E-state index is -1.12. The number of β-lactam (4-membered cyclic amide) rings is 1. The van der Waals surface area contributed by atoms with Crippen molar-refractivity contribution in [3.8, 4) is 0 Å². The van der Waals surface area contributed by atoms with Crippen molar-refractivity contribution in [1.29, 1.82) is 0 Å². The highest BCUT2D eigenvalue weighted by molar-refractivity contribution is 8.07. The van der Waals surface area contributed by atoms with Gasteiger partial charge in [-0.2, -0.15) is 0 Å². The average molecular weight is 464 g/mol. The molecule has 12 heteroatoms. The van der Waals surface area contributed by atoms with Crippen molar-refractivity contribution in [2.45, 2.75) is 28.7 Å². The van der Waals surface area contributed by atoms with Gasteiger partial charge in [-0.3, -0.25) is 9.59 Å². The van der Waals surface area contributed by atoms with Gasteiger partial charge in [0.05, 0.1) is 6.54 Å². The van der Waals surface area contributed by atoms with Crippen LogP contribution in [0.5, 0.6) is 0 Å². The van der Waals surface area contributed by atoms with E-state index >= 15 is 0 Å². The molecule has 1 aromatic carbocycles. The van der Waals surface area contributed by atoms with Crippen molar-refractivity contribution in [2.75, 3.05) is 11.9 Å². The van der Waals surface area contributed by atoms with Crippen LogP contribution in [0.2, 0.25) is 0 Å². The number of benzene rings is 1. The molecule has 1 aromatic heterocycles. The maximum absolute atomic E-state index is 12.7. The summed E-state index contributed by atoms with van der Waals surface area (Å²) in [7, 11) is 0. The third kappa shape index (κ3) is 4.16. The largest absolute Gasteiger partial charge is 0.479 e. The zero-order valence-corrected chi connectivity index (χ0v) is 18.1. The first kappa shape index (κ1) is 20.7. The van der Waals surface area contributed by atoms with Gasteiger partial charge in [-0.25, -0.2) is 4.79 Å². The fraction of sp³-hybridized carbons (Fsp3) is 0.278. The topological polar surface area (TPSA) is 125 Å². The minimum absolute atomic E-state index is 0.0148. The number of anilines is 1. The van der Waals surface area contributed by atoms with Crippen molar-refractivity contribution in [3.63, 3.8) is 0 Å². The lowest BCUT2D eigenvalue weighted by Gasteiger charge is -2.51. The number of carboxylic acids is 1. The molecule has 0 spiro atoms. The Morgan fingerprint density at radius 2 is 2.03 bits per heavy atom. The van der Waals surface area contributed by atoms with Crippen LogP contribution in [0, 0.1) is 6.92 Å². The van der Waals surface area contributed by atoms with Crippen molar-refractivity contribution < 1.29 is 19.5 Å². The Kier molecular flexibility index (Phi) is 5.97. The summed E-state index contributed by atoms with van der Waals surface area (Å²) in [5.41, 5.74) is 0.795. The Morgan fingerprint density at radius 3 is 2.70 bits per heavy atom. The number of carbonyl (C=O) groups excluding carboxylic acids is 2. The second-order valence-corrected chi connectivity index (χ2v) is 9.98. The lowest BCUT2D eigenvalue weighted by molar-refractivity contribution is -0.159. The second kappa shape index (κ2) is 8.66. The monoisotopic (exact) mass is 463 g/mol. The Bertz CT molecular complexity index is 1010. The molecule has 1 saturated heterocycles. The molecule has 3 N–H and O–H groups in total. The number of carboxylic acid groups (broad SMARTS) is 1. The maximum atomic E-state index is 12.7. The molecular weight excluding hydrogens is 446 g/mol. The summed E-state index contributed by atoms with van der Waals surface area (Å²) in [4.78, 5) is 38.6. The van der Waals surface area contributed by atoms with Crippen LogP contribution < -0.4 is 10.6 Å². The number of thioether (sulfide) groups is 2. The third-order valence-corrected chi connectivity index (χ3v) is 7.72. The molecule has 0 radical (unpaired) electrons. The van der Waals surface area contributed by atoms with E-state index in [4.69, 9.17) is 0 Å². The smallest absolute Gasteiger partial charge is 0.331 e. The predicted molar refractivity (Wildman–Crippen MR) is 115 cm³/mol. The molecule has 2 unspecified atom stereocenters. The lowest BCUT2D eigenvalue weighted by Crippen LogP contribution is -2.74. The molecule has 0 bridgehead atoms. The highest BCUT2D eigenvalue weighted by Gasteiger charge is 2.56. The van der Waals surface area contributed by atoms with E-state index in [2.05, 4.69) is 20.8 Å². The fourth-order valence-electron chi connectivity index (χ4n) is 3.08. The highest BCUT2D eigenvalue weighted by Crippen LogP contribution is 2.45. The first-order valence-corrected chi connectivity index (χ1v) is 11.5. The molecule has 156 valence electrons. The molecule has 2 amide bonds. The Labute approximate surface area is 184 Å². The van der Waals surface area contributed by atoms with Crippen LogP contribution in [0.25, 0.3) is 0 Å². The van der Waals surface area contributed by atoms with Gasteiger partial charge in [0.2, 0.25) is 11.8 Å². The number of nitrogens with one attached hydrogen (secondary N) is 2. The Hall–Kier alpha value is -2.57. The lowest BCUT2D eigenvalue weighted by atomic mass is 10.0. The van der Waals surface area contributed by atoms with Gasteiger partial charge in [0, 0.05) is 10.6 Å². The van der Waals surface area contributed by atoms with Crippen molar-refractivity contribution in [1.82, 2.24) is 20.4 Å². The highest BCUT2D eigenvalue weighted by atomic mass is 32.2. The number of fused-ring (bicyclic) bond motifs is 1. The Balaban J connectivity index is 1.40. The van der Waals surface area contributed by atoms with Gasteiger partial charge in [0.25, 0.3) is 0 Å². The number of amides is 2. The summed E-state index contributed by atoms with van der Waals surface area (Å²) in [6, 6.07) is 7.38. The van der Waals surface area contributed by atoms with Gasteiger partial charge in [-0.15, -0.1) is 22.0 Å². The van der Waals surface area contributed by atoms with E-state index in [1.165, 1.54) is 39.8 Å². The summed E-state index contributed by atoms with van der Waals surface area (Å²) in [5.74, 6) is -1.87. The van der Waals surface area contributed by atoms with E-state index < -0.39 is 29.3 Å². The van der Waals surface area contributed by atoms with Crippen LogP contribution in [-0.2, 0) is 14.4 Å². The Morgan fingerprint density at radius 1 is 1.27 bits per heavy atom. The van der Waals surface area contributed by atoms with Gasteiger partial charge in [-0.05, 0) is 24.5 Å². The number of nitrogens with zero attached hydrogens (tertiary/aromatic N) is 3. The summed E-state index contributed by atoms with van der Waals surface area (Å²) in [6.45, 7) is 1.83. The van der Waals surface area contributed by atoms with E-state index in [9.17, 15) is 19.5 Å². The van der Waals surface area contributed by atoms with E-state index in [1.54, 1.807) is 5.41 Å². The van der Waals surface area contributed by atoms with Crippen LogP contribution in [0.1, 0.15) is 5.01 Å². The van der Waals surface area contributed by atoms with Gasteiger partial charge in [0.15, 0.2) is 10.4 Å². The van der Waals surface area contributed by atoms with Crippen LogP contribution in [0.3, 0.4) is 0 Å². The number of hydrogen-bond acceptors (Lipinski definition) is 9. The first-order chi connectivity index (χ1) is 14.4. The molecule has 9 nitrogen and oxygen atoms in total. The zero-order chi connectivity index (χ0) is 21.3. The summed E-state index contributed by atoms with van der Waals surface area (Å²) in [6.07, 6.45) is 0. The van der Waals surface area contributed by atoms with Gasteiger partial charge in [-0.1, -0.05) is 41.3 Å². The van der Waals surface area contributed by atoms with Gasteiger partial charge < -0.3 is 20.6 Å². The first-order valence-electron chi connectivity index (χ1n) is 8.91. The summed E-state index contributed by atoms with van der Waals surface area (Å²) >= 11 is 3.87. The van der Waals surface area contributed by atoms with Gasteiger partial charge >= 0.3 is 5.97 Å². The number of rotatable bonds is 7. The number of carbonyl (C=O) groups is 3. The van der Waals surface area contributed by atoms with Crippen LogP contribution >= 0.6 is 34.9 Å². The molecular formula is C18H17N5O4S3. The van der Waals surface area contributed by atoms with Crippen molar-refractivity contribution >= 4 is 58.3 Å². The molecule has 1 fully saturated rings. The molecule has 3 heterocycles. The van der Waals surface area contributed by atoms with Gasteiger partial charge in [0.1, 0.15) is 16.4 Å². The number of hydrogen-bond donors (Lipinski definition) is 3. The predicted octanol–water partition coefficient (Wildman–Crippen LogP) is 1.75. The number of aryl methyl sites for hydroxylation is 1. The zero-order valence-electron chi connectivity index (χ0n) is 15.6. The number of aliphatic carboxylic acids is 1. The van der Waals surface area contributed by atoms with E-state index in [0.29, 0.717) is 9.24 Å². The van der Waals surface area contributed by atoms with E-state index in [-0.39, 0.29) is 12.5 Å². The number of para-hydroxylation sites is 1. The molecule has 2 aliphatic rings. The summed E-state index contributed by atoms with van der Waals surface area (Å²) < 4.78 is 0.619. The molecule has 0 aliphatic carbocycles. The second-order valence-electron chi connectivity index (χ2n) is 6.49. The van der Waals surface area contributed by atoms with Crippen LogP contribution in [-0.4, -0.2) is 62.0 Å². The quantitative estimate of drug-likeness (QED) is 0.527. The fourth-order valence-corrected chi connectivity index (χ4v) is 6.38. The molecule has 4 rings (SSSR count). The van der Waals surface area contributed by atoms with Crippen molar-refractivity contribution in [3.05, 3.63) is 45.7 Å². The average Bonchev–Trinajstić information content (AvgIpc) is 3.15.